The van der Waals surface area contributed by atoms with Crippen molar-refractivity contribution in [3.05, 3.63) is 29.8 Å². The SMILES string of the molecule is COc1cccc(C(=O)N2CCC(C(C)C)CC2)c1. The average molecular weight is 261 g/mol. The molecule has 0 aliphatic carbocycles. The fourth-order valence-electron chi connectivity index (χ4n) is 2.71. The highest BCUT2D eigenvalue weighted by Crippen LogP contribution is 2.25. The molecule has 0 radical (unpaired) electrons. The zero-order valence-electron chi connectivity index (χ0n) is 12.1. The minimum absolute atomic E-state index is 0.126. The lowest BCUT2D eigenvalue weighted by Gasteiger charge is -2.34. The van der Waals surface area contributed by atoms with Gasteiger partial charge in [-0.1, -0.05) is 19.9 Å². The number of benzene rings is 1. The van der Waals surface area contributed by atoms with E-state index in [1.54, 1.807) is 7.11 Å². The third-order valence-electron chi connectivity index (χ3n) is 4.09. The second-order valence-corrected chi connectivity index (χ2v) is 5.61. The van der Waals surface area contributed by atoms with Crippen molar-refractivity contribution in [3.8, 4) is 5.75 Å². The summed E-state index contributed by atoms with van der Waals surface area (Å²) in [6.45, 7) is 6.28. The van der Waals surface area contributed by atoms with Gasteiger partial charge in [-0.2, -0.15) is 0 Å². The van der Waals surface area contributed by atoms with Gasteiger partial charge in [0.1, 0.15) is 5.75 Å². The largest absolute Gasteiger partial charge is 0.497 e. The molecule has 1 aliphatic heterocycles. The molecule has 0 bridgehead atoms. The van der Waals surface area contributed by atoms with Crippen LogP contribution in [0.25, 0.3) is 0 Å². The molecule has 1 fully saturated rings. The second-order valence-electron chi connectivity index (χ2n) is 5.61. The molecule has 1 saturated heterocycles. The predicted octanol–water partition coefficient (Wildman–Crippen LogP) is 3.20. The van der Waals surface area contributed by atoms with Gasteiger partial charge in [0.05, 0.1) is 7.11 Å². The molecule has 3 nitrogen and oxygen atoms in total. The van der Waals surface area contributed by atoms with Gasteiger partial charge >= 0.3 is 0 Å². The van der Waals surface area contributed by atoms with Crippen LogP contribution in [0.1, 0.15) is 37.0 Å². The summed E-state index contributed by atoms with van der Waals surface area (Å²) in [6.07, 6.45) is 2.24. The van der Waals surface area contributed by atoms with Crippen molar-refractivity contribution in [2.45, 2.75) is 26.7 Å². The number of hydrogen-bond donors (Lipinski definition) is 0. The van der Waals surface area contributed by atoms with Crippen molar-refractivity contribution in [2.75, 3.05) is 20.2 Å². The fraction of sp³-hybridized carbons (Fsp3) is 0.562. The highest BCUT2D eigenvalue weighted by atomic mass is 16.5. The maximum atomic E-state index is 12.4. The van der Waals surface area contributed by atoms with Crippen LogP contribution < -0.4 is 4.74 Å². The molecule has 104 valence electrons. The van der Waals surface area contributed by atoms with E-state index in [0.717, 1.165) is 43.2 Å². The molecular formula is C16H23NO2. The summed E-state index contributed by atoms with van der Waals surface area (Å²) in [6, 6.07) is 7.41. The topological polar surface area (TPSA) is 29.5 Å². The Balaban J connectivity index is 2.01. The highest BCUT2D eigenvalue weighted by Gasteiger charge is 2.25. The van der Waals surface area contributed by atoms with Crippen molar-refractivity contribution in [3.63, 3.8) is 0 Å². The van der Waals surface area contributed by atoms with Crippen LogP contribution in [0.3, 0.4) is 0 Å². The van der Waals surface area contributed by atoms with Gasteiger partial charge in [0.15, 0.2) is 0 Å². The number of carbonyl (C=O) groups excluding carboxylic acids is 1. The van der Waals surface area contributed by atoms with Crippen LogP contribution in [0, 0.1) is 11.8 Å². The van der Waals surface area contributed by atoms with Gasteiger partial charge in [-0.05, 0) is 42.9 Å². The highest BCUT2D eigenvalue weighted by molar-refractivity contribution is 5.94. The van der Waals surface area contributed by atoms with E-state index in [4.69, 9.17) is 4.74 Å². The van der Waals surface area contributed by atoms with Crippen molar-refractivity contribution in [2.24, 2.45) is 11.8 Å². The predicted molar refractivity (Wildman–Crippen MR) is 76.5 cm³/mol. The first kappa shape index (κ1) is 13.9. The van der Waals surface area contributed by atoms with Crippen LogP contribution in [-0.2, 0) is 0 Å². The maximum absolute atomic E-state index is 12.4. The molecule has 1 amide bonds. The number of carbonyl (C=O) groups is 1. The van der Waals surface area contributed by atoms with Crippen LogP contribution in [0.15, 0.2) is 24.3 Å². The van der Waals surface area contributed by atoms with Gasteiger partial charge in [-0.3, -0.25) is 4.79 Å². The Hall–Kier alpha value is -1.51. The summed E-state index contributed by atoms with van der Waals surface area (Å²) >= 11 is 0. The van der Waals surface area contributed by atoms with E-state index in [-0.39, 0.29) is 5.91 Å². The van der Waals surface area contributed by atoms with E-state index in [9.17, 15) is 4.79 Å². The van der Waals surface area contributed by atoms with Crippen LogP contribution in [0.4, 0.5) is 0 Å². The molecule has 19 heavy (non-hydrogen) atoms. The zero-order valence-corrected chi connectivity index (χ0v) is 12.1. The van der Waals surface area contributed by atoms with Crippen LogP contribution in [0.2, 0.25) is 0 Å². The average Bonchev–Trinajstić information content (AvgIpc) is 2.46. The molecule has 1 aliphatic rings. The number of hydrogen-bond acceptors (Lipinski definition) is 2. The fourth-order valence-corrected chi connectivity index (χ4v) is 2.71. The Morgan fingerprint density at radius 1 is 1.32 bits per heavy atom. The van der Waals surface area contributed by atoms with E-state index < -0.39 is 0 Å². The molecule has 0 N–H and O–H groups in total. The molecule has 0 spiro atoms. The smallest absolute Gasteiger partial charge is 0.253 e. The summed E-state index contributed by atoms with van der Waals surface area (Å²) in [5.74, 6) is 2.34. The monoisotopic (exact) mass is 261 g/mol. The Kier molecular flexibility index (Phi) is 4.46. The maximum Gasteiger partial charge on any atom is 0.253 e. The number of nitrogens with zero attached hydrogens (tertiary/aromatic N) is 1. The first-order chi connectivity index (χ1) is 9.11. The van der Waals surface area contributed by atoms with Crippen molar-refractivity contribution < 1.29 is 9.53 Å². The van der Waals surface area contributed by atoms with E-state index in [1.807, 2.05) is 29.2 Å². The molecule has 0 unspecified atom stereocenters. The Morgan fingerprint density at radius 2 is 2.00 bits per heavy atom. The molecule has 1 heterocycles. The number of rotatable bonds is 3. The summed E-state index contributed by atoms with van der Waals surface area (Å²) in [7, 11) is 1.62. The van der Waals surface area contributed by atoms with Crippen LogP contribution in [-0.4, -0.2) is 31.0 Å². The second kappa shape index (κ2) is 6.09. The molecule has 3 heteroatoms. The number of ether oxygens (including phenoxy) is 1. The van der Waals surface area contributed by atoms with Gasteiger partial charge in [0.25, 0.3) is 5.91 Å². The van der Waals surface area contributed by atoms with Gasteiger partial charge in [0, 0.05) is 18.7 Å². The minimum Gasteiger partial charge on any atom is -0.497 e. The van der Waals surface area contributed by atoms with Gasteiger partial charge in [-0.25, -0.2) is 0 Å². The van der Waals surface area contributed by atoms with Crippen molar-refractivity contribution >= 4 is 5.91 Å². The Bertz CT molecular complexity index is 434. The number of likely N-dealkylation sites (tertiary alicyclic amines) is 1. The lowest BCUT2D eigenvalue weighted by atomic mass is 9.86. The van der Waals surface area contributed by atoms with Crippen molar-refractivity contribution in [1.82, 2.24) is 4.90 Å². The summed E-state index contributed by atoms with van der Waals surface area (Å²) in [5, 5.41) is 0. The number of amides is 1. The molecule has 1 aromatic rings. The number of piperidine rings is 1. The van der Waals surface area contributed by atoms with Crippen molar-refractivity contribution in [1.29, 1.82) is 0 Å². The molecule has 0 aromatic heterocycles. The summed E-state index contributed by atoms with van der Waals surface area (Å²) < 4.78 is 5.17. The zero-order chi connectivity index (χ0) is 13.8. The first-order valence-corrected chi connectivity index (χ1v) is 7.05. The lowest BCUT2D eigenvalue weighted by molar-refractivity contribution is 0.0667. The van der Waals surface area contributed by atoms with Gasteiger partial charge in [-0.15, -0.1) is 0 Å². The molecule has 1 aromatic carbocycles. The quantitative estimate of drug-likeness (QED) is 0.836. The first-order valence-electron chi connectivity index (χ1n) is 7.05. The van der Waals surface area contributed by atoms with E-state index in [2.05, 4.69) is 13.8 Å². The Labute approximate surface area is 115 Å². The minimum atomic E-state index is 0.126. The lowest BCUT2D eigenvalue weighted by Crippen LogP contribution is -2.39. The standard InChI is InChI=1S/C16H23NO2/c1-12(2)13-7-9-17(10-8-13)16(18)14-5-4-6-15(11-14)19-3/h4-6,11-13H,7-10H2,1-3H3. The third-order valence-corrected chi connectivity index (χ3v) is 4.09. The Morgan fingerprint density at radius 3 is 2.58 bits per heavy atom. The normalized spacial score (nSPS) is 16.7. The summed E-state index contributed by atoms with van der Waals surface area (Å²) in [5.41, 5.74) is 0.724. The van der Waals surface area contributed by atoms with Gasteiger partial charge in [0.2, 0.25) is 0 Å². The van der Waals surface area contributed by atoms with E-state index >= 15 is 0 Å². The van der Waals surface area contributed by atoms with Crippen LogP contribution in [0.5, 0.6) is 5.75 Å². The summed E-state index contributed by atoms with van der Waals surface area (Å²) in [4.78, 5) is 14.4. The van der Waals surface area contributed by atoms with E-state index in [0.29, 0.717) is 5.92 Å². The molecular weight excluding hydrogens is 238 g/mol. The van der Waals surface area contributed by atoms with Gasteiger partial charge < -0.3 is 9.64 Å². The van der Waals surface area contributed by atoms with E-state index in [1.165, 1.54) is 0 Å². The molecule has 0 atom stereocenters. The third kappa shape index (κ3) is 3.28. The van der Waals surface area contributed by atoms with Crippen LogP contribution >= 0.6 is 0 Å². The molecule has 2 rings (SSSR count). The molecule has 0 saturated carbocycles. The number of methoxy groups -OCH3 is 1.